The summed E-state index contributed by atoms with van der Waals surface area (Å²) < 4.78 is 11.2. The molecule has 0 aromatic heterocycles. The predicted octanol–water partition coefficient (Wildman–Crippen LogP) is 3.62. The van der Waals surface area contributed by atoms with E-state index in [0.717, 1.165) is 37.2 Å². The van der Waals surface area contributed by atoms with Crippen molar-refractivity contribution in [1.29, 1.82) is 10.8 Å². The summed E-state index contributed by atoms with van der Waals surface area (Å²) in [5, 5.41) is 14.5. The van der Waals surface area contributed by atoms with E-state index in [0.29, 0.717) is 12.8 Å². The zero-order chi connectivity index (χ0) is 19.5. The van der Waals surface area contributed by atoms with Gasteiger partial charge < -0.3 is 20.9 Å². The number of ether oxygens (including phenoxy) is 2. The number of nitrogens with two attached hydrogens (primary N) is 2. The Hall–Kier alpha value is -3.02. The molecule has 0 bridgehead atoms. The highest BCUT2D eigenvalue weighted by Crippen LogP contribution is 2.16. The van der Waals surface area contributed by atoms with Crippen LogP contribution in [0, 0.1) is 10.8 Å². The lowest BCUT2D eigenvalue weighted by Gasteiger charge is -2.10. The fourth-order valence-electron chi connectivity index (χ4n) is 2.64. The van der Waals surface area contributed by atoms with E-state index in [1.165, 1.54) is 11.1 Å². The highest BCUT2D eigenvalue weighted by Gasteiger charge is 2.00. The second-order valence-corrected chi connectivity index (χ2v) is 6.45. The molecule has 0 amide bonds. The van der Waals surface area contributed by atoms with Gasteiger partial charge in [-0.05, 0) is 61.1 Å². The van der Waals surface area contributed by atoms with Crippen molar-refractivity contribution >= 4 is 11.7 Å². The van der Waals surface area contributed by atoms with Crippen molar-refractivity contribution in [1.82, 2.24) is 0 Å². The first-order valence-corrected chi connectivity index (χ1v) is 9.12. The molecule has 0 aliphatic carbocycles. The zero-order valence-electron chi connectivity index (χ0n) is 15.5. The number of nitrogens with one attached hydrogen (secondary N) is 2. The lowest BCUT2D eigenvalue weighted by molar-refractivity contribution is 0.120. The molecule has 0 heterocycles. The number of hydrogen-bond donors (Lipinski definition) is 4. The van der Waals surface area contributed by atoms with Crippen LogP contribution in [0.15, 0.2) is 48.5 Å². The maximum absolute atomic E-state index is 7.23. The van der Waals surface area contributed by atoms with Gasteiger partial charge in [-0.25, -0.2) is 0 Å². The molecule has 0 spiro atoms. The first-order valence-electron chi connectivity index (χ1n) is 9.12. The Labute approximate surface area is 160 Å². The summed E-state index contributed by atoms with van der Waals surface area (Å²) in [5.74, 6) is 1.98. The van der Waals surface area contributed by atoms with Crippen molar-refractivity contribution in [3.63, 3.8) is 0 Å². The topological polar surface area (TPSA) is 118 Å². The van der Waals surface area contributed by atoms with Crippen LogP contribution < -0.4 is 20.9 Å². The van der Waals surface area contributed by atoms with Crippen molar-refractivity contribution in [2.45, 2.75) is 38.5 Å². The van der Waals surface area contributed by atoms with Crippen LogP contribution in [0.1, 0.15) is 36.8 Å². The number of amidine groups is 2. The third-order valence-corrected chi connectivity index (χ3v) is 4.12. The van der Waals surface area contributed by atoms with Gasteiger partial charge in [0.15, 0.2) is 0 Å². The Morgan fingerprint density at radius 2 is 1.04 bits per heavy atom. The van der Waals surface area contributed by atoms with Gasteiger partial charge >= 0.3 is 0 Å². The molecule has 27 heavy (non-hydrogen) atoms. The molecule has 2 rings (SSSR count). The maximum Gasteiger partial charge on any atom is 0.230 e. The van der Waals surface area contributed by atoms with Gasteiger partial charge in [0.1, 0.15) is 11.5 Å². The van der Waals surface area contributed by atoms with E-state index in [4.69, 9.17) is 31.8 Å². The van der Waals surface area contributed by atoms with Gasteiger partial charge in [-0.1, -0.05) is 24.3 Å². The van der Waals surface area contributed by atoms with Gasteiger partial charge in [0.2, 0.25) is 6.79 Å². The van der Waals surface area contributed by atoms with Crippen LogP contribution in [0.5, 0.6) is 11.5 Å². The fourth-order valence-corrected chi connectivity index (χ4v) is 2.64. The summed E-state index contributed by atoms with van der Waals surface area (Å²) >= 11 is 0. The summed E-state index contributed by atoms with van der Waals surface area (Å²) in [4.78, 5) is 0. The first kappa shape index (κ1) is 20.3. The minimum Gasteiger partial charge on any atom is -0.458 e. The molecule has 0 fully saturated rings. The molecule has 0 atom stereocenters. The number of rotatable bonds is 12. The molecule has 6 N–H and O–H groups in total. The van der Waals surface area contributed by atoms with Crippen LogP contribution in [-0.4, -0.2) is 18.5 Å². The van der Waals surface area contributed by atoms with E-state index in [1.807, 2.05) is 48.5 Å². The first-order chi connectivity index (χ1) is 13.0. The predicted molar refractivity (Wildman–Crippen MR) is 109 cm³/mol. The van der Waals surface area contributed by atoms with Gasteiger partial charge in [0.25, 0.3) is 0 Å². The third kappa shape index (κ3) is 8.27. The standard InChI is InChI=1S/C21H28N4O2/c22-20(23)5-1-3-16-7-11-18(12-8-16)26-15-27-19-13-9-17(10-14-19)4-2-6-21(24)25/h7-14H,1-6,15H2,(H3,22,23)(H3,24,25). The molecule has 144 valence electrons. The van der Waals surface area contributed by atoms with Gasteiger partial charge in [-0.3, -0.25) is 10.8 Å². The molecule has 6 heteroatoms. The molecular weight excluding hydrogens is 340 g/mol. The van der Waals surface area contributed by atoms with E-state index < -0.39 is 0 Å². The minimum absolute atomic E-state index is 0.146. The average Bonchev–Trinajstić information content (AvgIpc) is 2.64. The zero-order valence-corrected chi connectivity index (χ0v) is 15.5. The number of aryl methyl sites for hydroxylation is 2. The Balaban J connectivity index is 1.69. The Morgan fingerprint density at radius 3 is 1.37 bits per heavy atom. The molecule has 0 aliphatic heterocycles. The second kappa shape index (κ2) is 10.9. The van der Waals surface area contributed by atoms with E-state index in [-0.39, 0.29) is 18.5 Å². The van der Waals surface area contributed by atoms with Crippen molar-refractivity contribution in [3.8, 4) is 11.5 Å². The monoisotopic (exact) mass is 368 g/mol. The lowest BCUT2D eigenvalue weighted by Crippen LogP contribution is -2.09. The van der Waals surface area contributed by atoms with E-state index in [9.17, 15) is 0 Å². The maximum atomic E-state index is 7.23. The van der Waals surface area contributed by atoms with Crippen LogP contribution >= 0.6 is 0 Å². The summed E-state index contributed by atoms with van der Waals surface area (Å²) in [7, 11) is 0. The van der Waals surface area contributed by atoms with Gasteiger partial charge in [0.05, 0.1) is 11.7 Å². The van der Waals surface area contributed by atoms with Crippen LogP contribution in [0.3, 0.4) is 0 Å². The summed E-state index contributed by atoms with van der Waals surface area (Å²) in [5.41, 5.74) is 13.1. The van der Waals surface area contributed by atoms with Gasteiger partial charge in [0, 0.05) is 12.8 Å². The third-order valence-electron chi connectivity index (χ3n) is 4.12. The van der Waals surface area contributed by atoms with Crippen LogP contribution in [0.25, 0.3) is 0 Å². The molecule has 2 aromatic carbocycles. The van der Waals surface area contributed by atoms with Crippen molar-refractivity contribution in [3.05, 3.63) is 59.7 Å². The Morgan fingerprint density at radius 1 is 0.667 bits per heavy atom. The second-order valence-electron chi connectivity index (χ2n) is 6.45. The molecule has 6 nitrogen and oxygen atoms in total. The van der Waals surface area contributed by atoms with Crippen molar-refractivity contribution in [2.24, 2.45) is 11.5 Å². The molecule has 0 saturated heterocycles. The van der Waals surface area contributed by atoms with Crippen LogP contribution in [0.4, 0.5) is 0 Å². The number of hydrogen-bond acceptors (Lipinski definition) is 4. The van der Waals surface area contributed by atoms with Crippen LogP contribution in [0.2, 0.25) is 0 Å². The number of benzene rings is 2. The van der Waals surface area contributed by atoms with Gasteiger partial charge in [-0.2, -0.15) is 0 Å². The van der Waals surface area contributed by atoms with Crippen molar-refractivity contribution in [2.75, 3.05) is 6.79 Å². The SMILES string of the molecule is N=C(N)CCCc1ccc(OCOc2ccc(CCCC(=N)N)cc2)cc1. The normalized spacial score (nSPS) is 10.4. The smallest absolute Gasteiger partial charge is 0.230 e. The fraction of sp³-hybridized carbons (Fsp3) is 0.333. The largest absolute Gasteiger partial charge is 0.458 e. The molecule has 0 radical (unpaired) electrons. The Kier molecular flexibility index (Phi) is 8.16. The average molecular weight is 368 g/mol. The lowest BCUT2D eigenvalue weighted by atomic mass is 10.1. The molecule has 0 aliphatic rings. The molecule has 0 unspecified atom stereocenters. The Bertz CT molecular complexity index is 663. The quantitative estimate of drug-likeness (QED) is 0.260. The van der Waals surface area contributed by atoms with Crippen LogP contribution in [-0.2, 0) is 12.8 Å². The highest BCUT2D eigenvalue weighted by atomic mass is 16.7. The van der Waals surface area contributed by atoms with E-state index >= 15 is 0 Å². The summed E-state index contributed by atoms with van der Waals surface area (Å²) in [6.07, 6.45) is 4.81. The summed E-state index contributed by atoms with van der Waals surface area (Å²) in [6.45, 7) is 0.146. The summed E-state index contributed by atoms with van der Waals surface area (Å²) in [6, 6.07) is 15.8. The minimum atomic E-state index is 0.146. The van der Waals surface area contributed by atoms with E-state index in [1.54, 1.807) is 0 Å². The molecular formula is C21H28N4O2. The molecule has 2 aromatic rings. The van der Waals surface area contributed by atoms with E-state index in [2.05, 4.69) is 0 Å². The highest BCUT2D eigenvalue weighted by molar-refractivity contribution is 5.77. The van der Waals surface area contributed by atoms with Crippen molar-refractivity contribution < 1.29 is 9.47 Å². The molecule has 0 saturated carbocycles. The van der Waals surface area contributed by atoms with Gasteiger partial charge in [-0.15, -0.1) is 0 Å².